The summed E-state index contributed by atoms with van der Waals surface area (Å²) in [5.41, 5.74) is 1.87. The molecule has 9 heteroatoms. The number of aliphatic hydroxyl groups is 1. The van der Waals surface area contributed by atoms with Crippen molar-refractivity contribution in [3.8, 4) is 0 Å². The second-order valence-electron chi connectivity index (χ2n) is 8.32. The number of nitrogens with one attached hydrogen (secondary N) is 1. The number of esters is 1. The molecule has 35 heavy (non-hydrogen) atoms. The molecule has 0 unspecified atom stereocenters. The van der Waals surface area contributed by atoms with Crippen LogP contribution in [0.1, 0.15) is 25.0 Å². The van der Waals surface area contributed by atoms with Crippen LogP contribution in [-0.4, -0.2) is 67.4 Å². The number of carbonyl (C=O) groups is 2. The van der Waals surface area contributed by atoms with Gasteiger partial charge >= 0.3 is 5.97 Å². The van der Waals surface area contributed by atoms with E-state index in [1.807, 2.05) is 60.7 Å². The van der Waals surface area contributed by atoms with Crippen molar-refractivity contribution >= 4 is 11.9 Å². The summed E-state index contributed by atoms with van der Waals surface area (Å²) in [7, 11) is 1.25. The normalized spacial score (nSPS) is 25.0. The molecule has 0 saturated carbocycles. The molecule has 190 valence electrons. The molecule has 1 aliphatic heterocycles. The first kappa shape index (κ1) is 26.8. The number of hydrogen-bond acceptors (Lipinski definition) is 8. The van der Waals surface area contributed by atoms with E-state index in [2.05, 4.69) is 5.32 Å². The number of methoxy groups -OCH3 is 1. The Kier molecular flexibility index (Phi) is 10.2. The Bertz CT molecular complexity index is 925. The van der Waals surface area contributed by atoms with Gasteiger partial charge in [-0.15, -0.1) is 0 Å². The number of amides is 1. The van der Waals surface area contributed by atoms with E-state index in [-0.39, 0.29) is 19.1 Å². The maximum atomic E-state index is 12.0. The van der Waals surface area contributed by atoms with Crippen LogP contribution in [0.25, 0.3) is 0 Å². The van der Waals surface area contributed by atoms with Crippen LogP contribution in [0.3, 0.4) is 0 Å². The van der Waals surface area contributed by atoms with Gasteiger partial charge in [-0.3, -0.25) is 4.79 Å². The number of ether oxygens (including phenoxy) is 5. The Morgan fingerprint density at radius 2 is 1.63 bits per heavy atom. The van der Waals surface area contributed by atoms with Crippen molar-refractivity contribution in [1.82, 2.24) is 5.32 Å². The average Bonchev–Trinajstić information content (AvgIpc) is 2.87. The van der Waals surface area contributed by atoms with Gasteiger partial charge in [0.15, 0.2) is 12.4 Å². The van der Waals surface area contributed by atoms with Crippen molar-refractivity contribution in [3.05, 3.63) is 71.8 Å². The Morgan fingerprint density at radius 1 is 1.03 bits per heavy atom. The lowest BCUT2D eigenvalue weighted by atomic mass is 9.96. The molecule has 3 rings (SSSR count). The predicted molar refractivity (Wildman–Crippen MR) is 126 cm³/mol. The predicted octanol–water partition coefficient (Wildman–Crippen LogP) is 1.96. The smallest absolute Gasteiger partial charge is 0.334 e. The fraction of sp³-hybridized carbons (Fsp3) is 0.462. The molecule has 2 aromatic carbocycles. The van der Waals surface area contributed by atoms with Gasteiger partial charge in [-0.25, -0.2) is 4.79 Å². The topological polar surface area (TPSA) is 113 Å². The highest BCUT2D eigenvalue weighted by atomic mass is 16.7. The van der Waals surface area contributed by atoms with E-state index in [0.717, 1.165) is 11.1 Å². The van der Waals surface area contributed by atoms with Crippen molar-refractivity contribution in [1.29, 1.82) is 0 Å². The highest BCUT2D eigenvalue weighted by Crippen LogP contribution is 2.27. The van der Waals surface area contributed by atoms with E-state index in [1.165, 1.54) is 21.0 Å². The third-order valence-electron chi connectivity index (χ3n) is 5.59. The second-order valence-corrected chi connectivity index (χ2v) is 8.32. The number of carbonyl (C=O) groups excluding carboxylic acids is 2. The number of aliphatic hydroxyl groups excluding tert-OH is 1. The van der Waals surface area contributed by atoms with E-state index in [0.29, 0.717) is 6.61 Å². The third kappa shape index (κ3) is 7.84. The van der Waals surface area contributed by atoms with Crippen LogP contribution in [0.2, 0.25) is 0 Å². The van der Waals surface area contributed by atoms with Gasteiger partial charge in [0.05, 0.1) is 26.9 Å². The molecule has 1 heterocycles. The van der Waals surface area contributed by atoms with Crippen molar-refractivity contribution in [2.45, 2.75) is 63.8 Å². The SMILES string of the molecule is COC(=O)[C@H](C)O[C@H]1[C@H](O)[C@@H](COCc2ccccc2)O[C@H](OCc2ccccc2)[C@@H]1NC(C)=O. The highest BCUT2D eigenvalue weighted by molar-refractivity contribution is 5.74. The van der Waals surface area contributed by atoms with Crippen LogP contribution in [0.4, 0.5) is 0 Å². The third-order valence-corrected chi connectivity index (χ3v) is 5.59. The molecule has 1 saturated heterocycles. The van der Waals surface area contributed by atoms with Crippen LogP contribution in [0.15, 0.2) is 60.7 Å². The van der Waals surface area contributed by atoms with E-state index in [9.17, 15) is 14.7 Å². The molecule has 0 spiro atoms. The Balaban J connectivity index is 1.78. The second kappa shape index (κ2) is 13.3. The first-order chi connectivity index (χ1) is 16.9. The molecule has 2 aromatic rings. The van der Waals surface area contributed by atoms with Gasteiger partial charge in [0.25, 0.3) is 0 Å². The molecule has 2 N–H and O–H groups in total. The fourth-order valence-corrected chi connectivity index (χ4v) is 3.82. The van der Waals surface area contributed by atoms with Crippen molar-refractivity contribution in [2.24, 2.45) is 0 Å². The minimum atomic E-state index is -1.22. The van der Waals surface area contributed by atoms with Crippen molar-refractivity contribution in [2.75, 3.05) is 13.7 Å². The summed E-state index contributed by atoms with van der Waals surface area (Å²) in [5.74, 6) is -0.971. The summed E-state index contributed by atoms with van der Waals surface area (Å²) >= 11 is 0. The van der Waals surface area contributed by atoms with Crippen LogP contribution < -0.4 is 5.32 Å². The lowest BCUT2D eigenvalue weighted by molar-refractivity contribution is -0.286. The van der Waals surface area contributed by atoms with E-state index >= 15 is 0 Å². The molecule has 9 nitrogen and oxygen atoms in total. The average molecular weight is 488 g/mol. The molecule has 1 amide bonds. The Morgan fingerprint density at radius 3 is 2.20 bits per heavy atom. The van der Waals surface area contributed by atoms with Gasteiger partial charge in [0.2, 0.25) is 5.91 Å². The maximum absolute atomic E-state index is 12.0. The van der Waals surface area contributed by atoms with E-state index < -0.39 is 42.7 Å². The molecule has 0 aromatic heterocycles. The molecular weight excluding hydrogens is 454 g/mol. The van der Waals surface area contributed by atoms with Crippen molar-refractivity contribution in [3.63, 3.8) is 0 Å². The summed E-state index contributed by atoms with van der Waals surface area (Å²) in [4.78, 5) is 24.0. The summed E-state index contributed by atoms with van der Waals surface area (Å²) in [5, 5.41) is 13.9. The number of rotatable bonds is 11. The highest BCUT2D eigenvalue weighted by Gasteiger charge is 2.48. The van der Waals surface area contributed by atoms with E-state index in [4.69, 9.17) is 23.7 Å². The minimum Gasteiger partial charge on any atom is -0.467 e. The molecular formula is C26H33NO8. The Labute approximate surface area is 205 Å². The summed E-state index contributed by atoms with van der Waals surface area (Å²) in [6.07, 6.45) is -5.03. The van der Waals surface area contributed by atoms with Crippen LogP contribution in [0.5, 0.6) is 0 Å². The maximum Gasteiger partial charge on any atom is 0.334 e. The first-order valence-corrected chi connectivity index (χ1v) is 11.5. The van der Waals surface area contributed by atoms with Crippen LogP contribution >= 0.6 is 0 Å². The molecule has 1 fully saturated rings. The molecule has 6 atom stereocenters. The zero-order chi connectivity index (χ0) is 25.2. The van der Waals surface area contributed by atoms with E-state index in [1.54, 1.807) is 0 Å². The molecule has 0 radical (unpaired) electrons. The van der Waals surface area contributed by atoms with Gasteiger partial charge in [0.1, 0.15) is 24.4 Å². The minimum absolute atomic E-state index is 0.0422. The first-order valence-electron chi connectivity index (χ1n) is 11.5. The van der Waals surface area contributed by atoms with Gasteiger partial charge in [-0.1, -0.05) is 60.7 Å². The fourth-order valence-electron chi connectivity index (χ4n) is 3.82. The van der Waals surface area contributed by atoms with Gasteiger partial charge in [-0.2, -0.15) is 0 Å². The monoisotopic (exact) mass is 487 g/mol. The summed E-state index contributed by atoms with van der Waals surface area (Å²) < 4.78 is 28.5. The van der Waals surface area contributed by atoms with Crippen LogP contribution in [0, 0.1) is 0 Å². The van der Waals surface area contributed by atoms with Crippen LogP contribution in [-0.2, 0) is 46.5 Å². The van der Waals surface area contributed by atoms with Gasteiger partial charge in [-0.05, 0) is 18.1 Å². The molecule has 0 aliphatic carbocycles. The molecule has 1 aliphatic rings. The summed E-state index contributed by atoms with van der Waals surface area (Å²) in [6.45, 7) is 3.42. The van der Waals surface area contributed by atoms with Gasteiger partial charge < -0.3 is 34.1 Å². The lowest BCUT2D eigenvalue weighted by Gasteiger charge is -2.45. The lowest BCUT2D eigenvalue weighted by Crippen LogP contribution is -2.66. The molecule has 0 bridgehead atoms. The largest absolute Gasteiger partial charge is 0.467 e. The standard InChI is InChI=1S/C26H33NO8/c1-17(25(30)31-3)34-24-22(27-18(2)28)26(33-15-20-12-8-5-9-13-20)35-21(23(24)29)16-32-14-19-10-6-4-7-11-19/h4-13,17,21-24,26,29H,14-16H2,1-3H3,(H,27,28)/t17-,21+,22+,23+,24+,26-/m0/s1. The number of benzene rings is 2. The zero-order valence-electron chi connectivity index (χ0n) is 20.2. The Hall–Kier alpha value is -2.82. The van der Waals surface area contributed by atoms with Gasteiger partial charge in [0, 0.05) is 6.92 Å². The summed E-state index contributed by atoms with van der Waals surface area (Å²) in [6, 6.07) is 18.2. The zero-order valence-corrected chi connectivity index (χ0v) is 20.2. The number of hydrogen-bond donors (Lipinski definition) is 2. The van der Waals surface area contributed by atoms with Crippen molar-refractivity contribution < 1.29 is 38.4 Å². The quantitative estimate of drug-likeness (QED) is 0.463.